The smallest absolute Gasteiger partial charge is 0.139 e. The number of rotatable bonds is 3. The van der Waals surface area contributed by atoms with E-state index in [4.69, 9.17) is 9.47 Å². The van der Waals surface area contributed by atoms with Crippen LogP contribution in [-0.4, -0.2) is 20.0 Å². The average molecular weight is 330 g/mol. The van der Waals surface area contributed by atoms with Crippen LogP contribution in [-0.2, 0) is 10.2 Å². The van der Waals surface area contributed by atoms with E-state index in [0.29, 0.717) is 17.6 Å². The normalized spacial score (nSPS) is 36.1. The van der Waals surface area contributed by atoms with Crippen LogP contribution in [0.25, 0.3) is 0 Å². The molecular formula is C21H30O3. The van der Waals surface area contributed by atoms with Crippen molar-refractivity contribution in [2.45, 2.75) is 58.3 Å². The van der Waals surface area contributed by atoms with Crippen LogP contribution in [0, 0.1) is 17.3 Å². The number of carbonyl (C=O) groups is 1. The highest BCUT2D eigenvalue weighted by molar-refractivity contribution is 5.86. The Balaban J connectivity index is 2.17. The van der Waals surface area contributed by atoms with Crippen LogP contribution in [0.4, 0.5) is 0 Å². The molecule has 3 heteroatoms. The molecule has 132 valence electrons. The topological polar surface area (TPSA) is 35.5 Å². The highest BCUT2D eigenvalue weighted by atomic mass is 16.5. The first kappa shape index (κ1) is 17.3. The van der Waals surface area contributed by atoms with Crippen LogP contribution in [0.5, 0.6) is 11.5 Å². The molecule has 0 aromatic heterocycles. The third kappa shape index (κ3) is 2.35. The quantitative estimate of drug-likeness (QED) is 0.801. The zero-order chi connectivity index (χ0) is 17.5. The fourth-order valence-corrected chi connectivity index (χ4v) is 5.39. The molecule has 0 spiro atoms. The van der Waals surface area contributed by atoms with Crippen molar-refractivity contribution in [3.63, 3.8) is 0 Å². The van der Waals surface area contributed by atoms with Crippen LogP contribution >= 0.6 is 0 Å². The number of benzene rings is 1. The van der Waals surface area contributed by atoms with Crippen molar-refractivity contribution < 1.29 is 14.3 Å². The molecule has 2 aliphatic rings. The summed E-state index contributed by atoms with van der Waals surface area (Å²) in [5, 5.41) is 0. The van der Waals surface area contributed by atoms with Gasteiger partial charge in [-0.05, 0) is 55.7 Å². The van der Waals surface area contributed by atoms with E-state index in [1.807, 2.05) is 12.1 Å². The molecule has 0 heterocycles. The number of hydrogen-bond acceptors (Lipinski definition) is 3. The second kappa shape index (κ2) is 6.09. The van der Waals surface area contributed by atoms with Gasteiger partial charge in [-0.1, -0.05) is 20.8 Å². The number of methoxy groups -OCH3 is 2. The number of Topliss-reactive ketones (excluding diaryl/α,β-unsaturated/α-hetero) is 1. The Kier molecular flexibility index (Phi) is 4.39. The van der Waals surface area contributed by atoms with Crippen molar-refractivity contribution in [2.24, 2.45) is 17.3 Å². The summed E-state index contributed by atoms with van der Waals surface area (Å²) in [5.41, 5.74) is 0.916. The molecular weight excluding hydrogens is 300 g/mol. The molecule has 0 amide bonds. The van der Waals surface area contributed by atoms with Gasteiger partial charge in [0.1, 0.15) is 17.3 Å². The van der Waals surface area contributed by atoms with E-state index >= 15 is 0 Å². The van der Waals surface area contributed by atoms with Crippen LogP contribution in [0.1, 0.15) is 58.4 Å². The molecule has 1 aromatic carbocycles. The minimum absolute atomic E-state index is 0.0804. The molecule has 0 radical (unpaired) electrons. The summed E-state index contributed by atoms with van der Waals surface area (Å²) in [6, 6.07) is 6.08. The average Bonchev–Trinajstić information content (AvgIpc) is 2.60. The van der Waals surface area contributed by atoms with Crippen LogP contribution in [0.15, 0.2) is 18.2 Å². The van der Waals surface area contributed by atoms with Gasteiger partial charge in [0.15, 0.2) is 0 Å². The highest BCUT2D eigenvalue weighted by Crippen LogP contribution is 2.60. The molecule has 4 atom stereocenters. The summed E-state index contributed by atoms with van der Waals surface area (Å²) in [6.07, 6.45) is 4.96. The van der Waals surface area contributed by atoms with Gasteiger partial charge in [0.25, 0.3) is 0 Å². The zero-order valence-corrected chi connectivity index (χ0v) is 15.6. The van der Waals surface area contributed by atoms with Gasteiger partial charge < -0.3 is 9.47 Å². The number of ketones is 1. The lowest BCUT2D eigenvalue weighted by molar-refractivity contribution is -0.142. The molecule has 0 bridgehead atoms. The lowest BCUT2D eigenvalue weighted by Gasteiger charge is -2.57. The predicted molar refractivity (Wildman–Crippen MR) is 95.8 cm³/mol. The van der Waals surface area contributed by atoms with E-state index in [2.05, 4.69) is 26.8 Å². The summed E-state index contributed by atoms with van der Waals surface area (Å²) in [7, 11) is 3.43. The second-order valence-electron chi connectivity index (χ2n) is 8.07. The molecule has 0 saturated heterocycles. The summed E-state index contributed by atoms with van der Waals surface area (Å²) in [5.74, 6) is 3.08. The van der Waals surface area contributed by atoms with Crippen molar-refractivity contribution in [1.82, 2.24) is 0 Å². The Morgan fingerprint density at radius 3 is 2.54 bits per heavy atom. The SMILES string of the molecule is COc1ccc(OC)c([C@]2(C)[C@@H](C)CC[C@@]3(C)C(=O)CCC[C@@H]23)c1. The van der Waals surface area contributed by atoms with Crippen molar-refractivity contribution in [2.75, 3.05) is 14.2 Å². The number of hydrogen-bond donors (Lipinski definition) is 0. The van der Waals surface area contributed by atoms with Gasteiger partial charge in [0.2, 0.25) is 0 Å². The highest BCUT2D eigenvalue weighted by Gasteiger charge is 2.57. The predicted octanol–water partition coefficient (Wildman–Crippen LogP) is 4.77. The van der Waals surface area contributed by atoms with E-state index in [1.54, 1.807) is 14.2 Å². The Hall–Kier alpha value is -1.51. The lowest BCUT2D eigenvalue weighted by atomic mass is 9.46. The lowest BCUT2D eigenvalue weighted by Crippen LogP contribution is -2.55. The minimum Gasteiger partial charge on any atom is -0.497 e. The van der Waals surface area contributed by atoms with E-state index in [-0.39, 0.29) is 10.8 Å². The standard InChI is InChI=1S/C21H30O3/c1-14-11-12-20(2)18(7-6-8-19(20)22)21(14,3)16-13-15(23-4)9-10-17(16)24-5/h9-10,13-14,18H,6-8,11-12H2,1-5H3/t14-,18+,20+,21-/m0/s1. The fraction of sp³-hybridized carbons (Fsp3) is 0.667. The van der Waals surface area contributed by atoms with Gasteiger partial charge in [-0.25, -0.2) is 0 Å². The molecule has 2 fully saturated rings. The minimum atomic E-state index is -0.201. The molecule has 2 saturated carbocycles. The molecule has 0 N–H and O–H groups in total. The third-order valence-corrected chi connectivity index (χ3v) is 7.13. The molecule has 2 aliphatic carbocycles. The fourth-order valence-electron chi connectivity index (χ4n) is 5.39. The van der Waals surface area contributed by atoms with Crippen LogP contribution < -0.4 is 9.47 Å². The number of fused-ring (bicyclic) bond motifs is 1. The molecule has 1 aromatic rings. The Labute approximate surface area is 145 Å². The second-order valence-corrected chi connectivity index (χ2v) is 8.07. The molecule has 24 heavy (non-hydrogen) atoms. The van der Waals surface area contributed by atoms with E-state index < -0.39 is 0 Å². The first-order chi connectivity index (χ1) is 11.4. The van der Waals surface area contributed by atoms with Gasteiger partial charge in [-0.2, -0.15) is 0 Å². The summed E-state index contributed by atoms with van der Waals surface area (Å²) in [4.78, 5) is 12.8. The van der Waals surface area contributed by atoms with E-state index in [0.717, 1.165) is 43.6 Å². The first-order valence-electron chi connectivity index (χ1n) is 9.13. The summed E-state index contributed by atoms with van der Waals surface area (Å²) >= 11 is 0. The maximum atomic E-state index is 12.8. The zero-order valence-electron chi connectivity index (χ0n) is 15.6. The summed E-state index contributed by atoms with van der Waals surface area (Å²) < 4.78 is 11.2. The van der Waals surface area contributed by atoms with Gasteiger partial charge in [0, 0.05) is 22.8 Å². The Morgan fingerprint density at radius 1 is 1.12 bits per heavy atom. The Morgan fingerprint density at radius 2 is 1.88 bits per heavy atom. The molecule has 3 rings (SSSR count). The van der Waals surface area contributed by atoms with Gasteiger partial charge in [-0.3, -0.25) is 4.79 Å². The van der Waals surface area contributed by atoms with E-state index in [1.165, 1.54) is 5.56 Å². The van der Waals surface area contributed by atoms with Crippen molar-refractivity contribution >= 4 is 5.78 Å². The van der Waals surface area contributed by atoms with Crippen molar-refractivity contribution in [3.05, 3.63) is 23.8 Å². The molecule has 0 unspecified atom stereocenters. The maximum absolute atomic E-state index is 12.8. The summed E-state index contributed by atoms with van der Waals surface area (Å²) in [6.45, 7) is 6.88. The van der Waals surface area contributed by atoms with Crippen LogP contribution in [0.2, 0.25) is 0 Å². The van der Waals surface area contributed by atoms with Crippen molar-refractivity contribution in [1.29, 1.82) is 0 Å². The number of carbonyl (C=O) groups excluding carboxylic acids is 1. The molecule has 3 nitrogen and oxygen atoms in total. The Bertz CT molecular complexity index is 638. The first-order valence-corrected chi connectivity index (χ1v) is 9.13. The van der Waals surface area contributed by atoms with Gasteiger partial charge >= 0.3 is 0 Å². The number of ether oxygens (including phenoxy) is 2. The van der Waals surface area contributed by atoms with Gasteiger partial charge in [-0.15, -0.1) is 0 Å². The maximum Gasteiger partial charge on any atom is 0.139 e. The van der Waals surface area contributed by atoms with Gasteiger partial charge in [0.05, 0.1) is 14.2 Å². The van der Waals surface area contributed by atoms with Crippen LogP contribution in [0.3, 0.4) is 0 Å². The largest absolute Gasteiger partial charge is 0.497 e. The van der Waals surface area contributed by atoms with E-state index in [9.17, 15) is 4.79 Å². The molecule has 0 aliphatic heterocycles. The third-order valence-electron chi connectivity index (χ3n) is 7.13. The monoisotopic (exact) mass is 330 g/mol. The van der Waals surface area contributed by atoms with Crippen molar-refractivity contribution in [3.8, 4) is 11.5 Å².